The Morgan fingerprint density at radius 3 is 2.73 bits per heavy atom. The van der Waals surface area contributed by atoms with Crippen molar-refractivity contribution >= 4 is 29.9 Å². The first-order chi connectivity index (χ1) is 10.4. The van der Waals surface area contributed by atoms with Gasteiger partial charge in [-0.15, -0.1) is 24.0 Å². The maximum atomic E-state index is 5.33. The minimum absolute atomic E-state index is 0. The zero-order chi connectivity index (χ0) is 15.2. The van der Waals surface area contributed by atoms with Gasteiger partial charge in [0.05, 0.1) is 6.26 Å². The largest absolute Gasteiger partial charge is 0.469 e. The highest BCUT2D eigenvalue weighted by molar-refractivity contribution is 14.0. The molecule has 1 rings (SSSR count). The van der Waals surface area contributed by atoms with Crippen molar-refractivity contribution in [3.05, 3.63) is 24.2 Å². The highest BCUT2D eigenvalue weighted by atomic mass is 127. The van der Waals surface area contributed by atoms with Crippen LogP contribution in [0.4, 0.5) is 0 Å². The number of hydrogen-bond acceptors (Lipinski definition) is 3. The third-order valence-electron chi connectivity index (χ3n) is 2.95. The molecule has 0 saturated carbocycles. The normalized spacial score (nSPS) is 11.1. The second kappa shape index (κ2) is 15.1. The third-order valence-corrected chi connectivity index (χ3v) is 2.95. The second-order valence-corrected chi connectivity index (χ2v) is 4.82. The van der Waals surface area contributed by atoms with E-state index < -0.39 is 0 Å². The molecule has 0 aromatic carbocycles. The molecule has 2 N–H and O–H groups in total. The molecule has 0 aliphatic heterocycles. The summed E-state index contributed by atoms with van der Waals surface area (Å²) >= 11 is 0. The zero-order valence-electron chi connectivity index (χ0n) is 13.8. The van der Waals surface area contributed by atoms with Crippen molar-refractivity contribution in [2.24, 2.45) is 4.99 Å². The summed E-state index contributed by atoms with van der Waals surface area (Å²) in [6.07, 6.45) is 5.79. The lowest BCUT2D eigenvalue weighted by molar-refractivity contribution is 0.143. The lowest BCUT2D eigenvalue weighted by atomic mass is 10.3. The molecule has 0 atom stereocenters. The van der Waals surface area contributed by atoms with E-state index in [9.17, 15) is 0 Å². The number of ether oxygens (including phenoxy) is 1. The van der Waals surface area contributed by atoms with Crippen LogP contribution in [0.2, 0.25) is 0 Å². The smallest absolute Gasteiger partial charge is 0.191 e. The Labute approximate surface area is 151 Å². The van der Waals surface area contributed by atoms with Crippen LogP contribution in [0.3, 0.4) is 0 Å². The molecule has 1 aromatic rings. The average molecular weight is 423 g/mol. The summed E-state index contributed by atoms with van der Waals surface area (Å²) in [4.78, 5) is 4.53. The summed E-state index contributed by atoms with van der Waals surface area (Å²) in [5.41, 5.74) is 0. The SMILES string of the molecule is CCCN=C(NCCCCOCC)NCCc1ccco1.I. The second-order valence-electron chi connectivity index (χ2n) is 4.82. The maximum absolute atomic E-state index is 5.33. The van der Waals surface area contributed by atoms with Gasteiger partial charge in [0.2, 0.25) is 0 Å². The summed E-state index contributed by atoms with van der Waals surface area (Å²) in [6.45, 7) is 8.37. The van der Waals surface area contributed by atoms with Crippen LogP contribution < -0.4 is 10.6 Å². The van der Waals surface area contributed by atoms with E-state index >= 15 is 0 Å². The number of nitrogens with one attached hydrogen (secondary N) is 2. The number of furan rings is 1. The monoisotopic (exact) mass is 423 g/mol. The molecule has 1 aromatic heterocycles. The molecule has 0 spiro atoms. The molecular weight excluding hydrogens is 393 g/mol. The standard InChI is InChI=1S/C16H29N3O2.HI/c1-3-10-17-16(18-11-5-6-13-20-4-2)19-12-9-15-8-7-14-21-15;/h7-8,14H,3-6,9-13H2,1-2H3,(H2,17,18,19);1H. The Balaban J connectivity index is 0.00000441. The molecule has 22 heavy (non-hydrogen) atoms. The van der Waals surface area contributed by atoms with E-state index in [2.05, 4.69) is 22.5 Å². The van der Waals surface area contributed by atoms with E-state index in [-0.39, 0.29) is 24.0 Å². The van der Waals surface area contributed by atoms with Gasteiger partial charge in [0, 0.05) is 39.3 Å². The molecule has 0 bridgehead atoms. The lowest BCUT2D eigenvalue weighted by Gasteiger charge is -2.12. The van der Waals surface area contributed by atoms with Gasteiger partial charge in [0.25, 0.3) is 0 Å². The van der Waals surface area contributed by atoms with Crippen molar-refractivity contribution in [2.75, 3.05) is 32.8 Å². The fourth-order valence-electron chi connectivity index (χ4n) is 1.84. The molecule has 0 aliphatic carbocycles. The Bertz CT molecular complexity index is 369. The number of nitrogens with zero attached hydrogens (tertiary/aromatic N) is 1. The van der Waals surface area contributed by atoms with Gasteiger partial charge in [0.1, 0.15) is 5.76 Å². The Morgan fingerprint density at radius 2 is 2.05 bits per heavy atom. The molecule has 0 amide bonds. The van der Waals surface area contributed by atoms with Gasteiger partial charge < -0.3 is 19.8 Å². The van der Waals surface area contributed by atoms with Gasteiger partial charge in [-0.25, -0.2) is 0 Å². The molecule has 6 heteroatoms. The van der Waals surface area contributed by atoms with Crippen LogP contribution in [0.5, 0.6) is 0 Å². The van der Waals surface area contributed by atoms with Gasteiger partial charge in [-0.2, -0.15) is 0 Å². The fraction of sp³-hybridized carbons (Fsp3) is 0.688. The van der Waals surface area contributed by atoms with Crippen LogP contribution in [0, 0.1) is 0 Å². The van der Waals surface area contributed by atoms with Crippen molar-refractivity contribution in [1.29, 1.82) is 0 Å². The predicted octanol–water partition coefficient (Wildman–Crippen LogP) is 3.20. The minimum Gasteiger partial charge on any atom is -0.469 e. The van der Waals surface area contributed by atoms with Crippen LogP contribution in [-0.2, 0) is 11.2 Å². The molecule has 0 radical (unpaired) electrons. The molecule has 1 heterocycles. The molecule has 128 valence electrons. The molecule has 0 aliphatic rings. The lowest BCUT2D eigenvalue weighted by Crippen LogP contribution is -2.39. The van der Waals surface area contributed by atoms with E-state index in [0.29, 0.717) is 0 Å². The van der Waals surface area contributed by atoms with Crippen LogP contribution in [-0.4, -0.2) is 38.8 Å². The molecule has 0 unspecified atom stereocenters. The molecule has 0 saturated heterocycles. The van der Waals surface area contributed by atoms with Crippen LogP contribution in [0.15, 0.2) is 27.8 Å². The summed E-state index contributed by atoms with van der Waals surface area (Å²) in [7, 11) is 0. The summed E-state index contributed by atoms with van der Waals surface area (Å²) < 4.78 is 10.6. The van der Waals surface area contributed by atoms with E-state index in [1.807, 2.05) is 19.1 Å². The van der Waals surface area contributed by atoms with Crippen molar-refractivity contribution in [3.8, 4) is 0 Å². The highest BCUT2D eigenvalue weighted by Crippen LogP contribution is 1.99. The van der Waals surface area contributed by atoms with E-state index in [1.54, 1.807) is 6.26 Å². The summed E-state index contributed by atoms with van der Waals surface area (Å²) in [5.74, 6) is 1.88. The van der Waals surface area contributed by atoms with Gasteiger partial charge in [-0.05, 0) is 38.3 Å². The van der Waals surface area contributed by atoms with Crippen LogP contribution in [0.1, 0.15) is 38.9 Å². The first-order valence-corrected chi connectivity index (χ1v) is 7.99. The number of guanidine groups is 1. The molecule has 0 fully saturated rings. The minimum atomic E-state index is 0. The zero-order valence-corrected chi connectivity index (χ0v) is 16.1. The fourth-order valence-corrected chi connectivity index (χ4v) is 1.84. The number of unbranched alkanes of at least 4 members (excludes halogenated alkanes) is 1. The van der Waals surface area contributed by atoms with E-state index in [4.69, 9.17) is 9.15 Å². The summed E-state index contributed by atoms with van der Waals surface area (Å²) in [5, 5.41) is 6.71. The summed E-state index contributed by atoms with van der Waals surface area (Å²) in [6, 6.07) is 3.91. The highest BCUT2D eigenvalue weighted by Gasteiger charge is 2.00. The number of hydrogen-bond donors (Lipinski definition) is 2. The van der Waals surface area contributed by atoms with Gasteiger partial charge in [0.15, 0.2) is 5.96 Å². The first kappa shape index (κ1) is 21.2. The first-order valence-electron chi connectivity index (χ1n) is 7.99. The van der Waals surface area contributed by atoms with Crippen molar-refractivity contribution in [3.63, 3.8) is 0 Å². The van der Waals surface area contributed by atoms with E-state index in [0.717, 1.165) is 70.3 Å². The maximum Gasteiger partial charge on any atom is 0.191 e. The molecule has 5 nitrogen and oxygen atoms in total. The van der Waals surface area contributed by atoms with Gasteiger partial charge >= 0.3 is 0 Å². The van der Waals surface area contributed by atoms with Gasteiger partial charge in [-0.3, -0.25) is 4.99 Å². The average Bonchev–Trinajstić information content (AvgIpc) is 3.01. The Morgan fingerprint density at radius 1 is 1.23 bits per heavy atom. The van der Waals surface area contributed by atoms with Gasteiger partial charge in [-0.1, -0.05) is 6.92 Å². The third kappa shape index (κ3) is 10.9. The number of rotatable bonds is 11. The Hall–Kier alpha value is -0.760. The van der Waals surface area contributed by atoms with Crippen LogP contribution >= 0.6 is 24.0 Å². The Kier molecular flexibility index (Phi) is 14.6. The van der Waals surface area contributed by atoms with Crippen LogP contribution in [0.25, 0.3) is 0 Å². The van der Waals surface area contributed by atoms with Crippen molar-refractivity contribution < 1.29 is 9.15 Å². The van der Waals surface area contributed by atoms with E-state index in [1.165, 1.54) is 0 Å². The number of aliphatic imine (C=N–C) groups is 1. The molecular formula is C16H30IN3O2. The number of halogens is 1. The van der Waals surface area contributed by atoms with Crippen molar-refractivity contribution in [1.82, 2.24) is 10.6 Å². The van der Waals surface area contributed by atoms with Crippen molar-refractivity contribution in [2.45, 2.75) is 39.5 Å². The predicted molar refractivity (Wildman–Crippen MR) is 102 cm³/mol. The topological polar surface area (TPSA) is 58.8 Å². The quantitative estimate of drug-likeness (QED) is 0.249.